The van der Waals surface area contributed by atoms with Crippen molar-refractivity contribution in [3.8, 4) is 0 Å². The first-order valence-electron chi connectivity index (χ1n) is 14.4. The second kappa shape index (κ2) is 11.0. The van der Waals surface area contributed by atoms with Crippen LogP contribution in [0.1, 0.15) is 97.0 Å². The molecule has 0 aliphatic heterocycles. The van der Waals surface area contributed by atoms with Gasteiger partial charge in [-0.15, -0.1) is 0 Å². The van der Waals surface area contributed by atoms with Crippen LogP contribution >= 0.6 is 0 Å². The summed E-state index contributed by atoms with van der Waals surface area (Å²) in [7, 11) is 2.89. The van der Waals surface area contributed by atoms with Gasteiger partial charge in [0.05, 0.1) is 6.20 Å². The zero-order valence-corrected chi connectivity index (χ0v) is 22.9. The van der Waals surface area contributed by atoms with Gasteiger partial charge in [0, 0.05) is 33.6 Å². The van der Waals surface area contributed by atoms with Crippen LogP contribution in [0.15, 0.2) is 12.4 Å². The smallest absolute Gasteiger partial charge is 0.0524 e. The predicted octanol–water partition coefficient (Wildman–Crippen LogP) is 6.78. The molecular weight excluding hydrogens is 420 g/mol. The van der Waals surface area contributed by atoms with Crippen molar-refractivity contribution >= 4 is 0 Å². The average molecular weight is 473 g/mol. The zero-order chi connectivity index (χ0) is 24.5. The number of methoxy groups -OCH3 is 1. The van der Waals surface area contributed by atoms with Crippen LogP contribution in [-0.4, -0.2) is 35.7 Å². The molecule has 0 spiro atoms. The van der Waals surface area contributed by atoms with Crippen LogP contribution in [-0.2, 0) is 11.3 Å². The van der Waals surface area contributed by atoms with Crippen LogP contribution in [0.25, 0.3) is 0 Å². The molecule has 5 rings (SSSR count). The monoisotopic (exact) mass is 472 g/mol. The number of nitrogens with zero attached hydrogens (tertiary/aromatic N) is 2. The van der Waals surface area contributed by atoms with E-state index in [1.54, 1.807) is 0 Å². The third-order valence-corrected chi connectivity index (χ3v) is 11.0. The Bertz CT molecular complexity index is 776. The molecule has 4 saturated carbocycles. The first kappa shape index (κ1) is 26.2. The fraction of sp³-hybridized carbons (Fsp3) is 0.900. The number of hydrogen-bond donors (Lipinski definition) is 1. The maximum Gasteiger partial charge on any atom is 0.0524 e. The summed E-state index contributed by atoms with van der Waals surface area (Å²) in [5.74, 6) is 8.06. The first-order chi connectivity index (χ1) is 16.4. The molecular formula is C30H52N2O2. The lowest BCUT2D eigenvalue weighted by Crippen LogP contribution is -2.49. The van der Waals surface area contributed by atoms with Crippen molar-refractivity contribution in [2.45, 2.75) is 97.9 Å². The van der Waals surface area contributed by atoms with Gasteiger partial charge in [0.15, 0.2) is 0 Å². The number of aromatic nitrogens is 2. The van der Waals surface area contributed by atoms with Gasteiger partial charge in [-0.3, -0.25) is 4.68 Å². The van der Waals surface area contributed by atoms with Crippen LogP contribution in [0.2, 0.25) is 0 Å². The quantitative estimate of drug-likeness (QED) is 0.496. The van der Waals surface area contributed by atoms with Gasteiger partial charge >= 0.3 is 0 Å². The lowest BCUT2D eigenvalue weighted by molar-refractivity contribution is -0.0777. The molecule has 194 valence electrons. The Morgan fingerprint density at radius 2 is 1.79 bits per heavy atom. The lowest BCUT2D eigenvalue weighted by atomic mass is 9.49. The van der Waals surface area contributed by atoms with Crippen molar-refractivity contribution in [2.75, 3.05) is 20.8 Å². The van der Waals surface area contributed by atoms with Gasteiger partial charge in [0.1, 0.15) is 0 Å². The van der Waals surface area contributed by atoms with Crippen LogP contribution in [0.4, 0.5) is 0 Å². The minimum Gasteiger partial charge on any atom is -0.400 e. The Morgan fingerprint density at radius 1 is 1.03 bits per heavy atom. The van der Waals surface area contributed by atoms with E-state index in [9.17, 15) is 0 Å². The minimum atomic E-state index is 0.564. The van der Waals surface area contributed by atoms with Gasteiger partial charge in [0.2, 0.25) is 0 Å². The molecule has 4 aliphatic carbocycles. The Kier molecular flexibility index (Phi) is 8.50. The summed E-state index contributed by atoms with van der Waals surface area (Å²) in [4.78, 5) is 0. The second-order valence-electron chi connectivity index (χ2n) is 12.9. The van der Waals surface area contributed by atoms with Crippen molar-refractivity contribution < 1.29 is 9.84 Å². The van der Waals surface area contributed by atoms with Crippen molar-refractivity contribution in [1.82, 2.24) is 9.78 Å². The van der Waals surface area contributed by atoms with Gasteiger partial charge < -0.3 is 9.84 Å². The molecule has 9 unspecified atom stereocenters. The van der Waals surface area contributed by atoms with E-state index in [2.05, 4.69) is 44.8 Å². The van der Waals surface area contributed by atoms with Crippen LogP contribution < -0.4 is 0 Å². The van der Waals surface area contributed by atoms with Crippen LogP contribution in [0, 0.1) is 52.8 Å². The fourth-order valence-electron chi connectivity index (χ4n) is 9.51. The highest BCUT2D eigenvalue weighted by Crippen LogP contribution is 2.65. The first-order valence-corrected chi connectivity index (χ1v) is 14.4. The third-order valence-electron chi connectivity index (χ3n) is 11.0. The normalized spacial score (nSPS) is 40.1. The molecule has 1 heterocycles. The number of aliphatic hydroxyl groups is 1. The van der Waals surface area contributed by atoms with Crippen molar-refractivity contribution in [1.29, 1.82) is 0 Å². The topological polar surface area (TPSA) is 47.3 Å². The molecule has 0 bridgehead atoms. The molecule has 1 aromatic rings. The van der Waals surface area contributed by atoms with Crippen molar-refractivity contribution in [3.63, 3.8) is 0 Å². The molecule has 0 saturated heterocycles. The molecule has 4 heteroatoms. The molecule has 0 amide bonds. The predicted molar refractivity (Wildman–Crippen MR) is 140 cm³/mol. The van der Waals surface area contributed by atoms with Gasteiger partial charge in [-0.05, 0) is 122 Å². The van der Waals surface area contributed by atoms with Crippen molar-refractivity contribution in [2.24, 2.45) is 52.8 Å². The molecule has 0 aromatic carbocycles. The minimum absolute atomic E-state index is 0.564. The van der Waals surface area contributed by atoms with E-state index in [1.807, 2.05) is 7.11 Å². The van der Waals surface area contributed by atoms with Gasteiger partial charge in [-0.25, -0.2) is 0 Å². The summed E-state index contributed by atoms with van der Waals surface area (Å²) in [5, 5.41) is 11.7. The molecule has 9 atom stereocenters. The molecule has 4 fully saturated rings. The average Bonchev–Trinajstić information content (AvgIpc) is 3.44. The summed E-state index contributed by atoms with van der Waals surface area (Å²) < 4.78 is 7.76. The largest absolute Gasteiger partial charge is 0.400 e. The molecule has 4 aliphatic rings. The van der Waals surface area contributed by atoms with E-state index < -0.39 is 0 Å². The SMILES string of the molecule is CO.COCC1CCC2C(CCC3C2CCC2(C)C(C(C)Cn4cc(C(C)C)cn4)CCC32)C1. The molecule has 34 heavy (non-hydrogen) atoms. The maximum atomic E-state index is 7.00. The number of ether oxygens (including phenoxy) is 1. The second-order valence-corrected chi connectivity index (χ2v) is 12.9. The molecule has 4 nitrogen and oxygen atoms in total. The highest BCUT2D eigenvalue weighted by atomic mass is 16.5. The van der Waals surface area contributed by atoms with E-state index in [0.717, 1.165) is 67.6 Å². The van der Waals surface area contributed by atoms with E-state index in [1.165, 1.54) is 63.4 Å². The summed E-state index contributed by atoms with van der Waals surface area (Å²) in [6, 6.07) is 0. The Balaban J connectivity index is 0.00000133. The fourth-order valence-corrected chi connectivity index (χ4v) is 9.51. The number of aliphatic hydroxyl groups excluding tert-OH is 1. The van der Waals surface area contributed by atoms with Gasteiger partial charge in [-0.1, -0.05) is 27.7 Å². The Labute approximate surface area is 209 Å². The maximum absolute atomic E-state index is 7.00. The zero-order valence-electron chi connectivity index (χ0n) is 22.9. The number of rotatable bonds is 6. The van der Waals surface area contributed by atoms with E-state index in [4.69, 9.17) is 14.9 Å². The molecule has 0 radical (unpaired) electrons. The third kappa shape index (κ3) is 4.88. The Hall–Kier alpha value is -0.870. The summed E-state index contributed by atoms with van der Waals surface area (Å²) in [5.41, 5.74) is 1.94. The van der Waals surface area contributed by atoms with Crippen molar-refractivity contribution in [3.05, 3.63) is 18.0 Å². The van der Waals surface area contributed by atoms with E-state index in [-0.39, 0.29) is 0 Å². The van der Waals surface area contributed by atoms with Crippen LogP contribution in [0.5, 0.6) is 0 Å². The van der Waals surface area contributed by atoms with Gasteiger partial charge in [-0.2, -0.15) is 5.10 Å². The highest BCUT2D eigenvalue weighted by molar-refractivity contribution is 5.09. The molecule has 1 aromatic heterocycles. The lowest BCUT2D eigenvalue weighted by Gasteiger charge is -2.57. The highest BCUT2D eigenvalue weighted by Gasteiger charge is 2.57. The number of fused-ring (bicyclic) bond motifs is 5. The summed E-state index contributed by atoms with van der Waals surface area (Å²) >= 11 is 0. The van der Waals surface area contributed by atoms with Gasteiger partial charge in [0.25, 0.3) is 0 Å². The number of hydrogen-bond acceptors (Lipinski definition) is 3. The molecule has 1 N–H and O–H groups in total. The summed E-state index contributed by atoms with van der Waals surface area (Å²) in [6.07, 6.45) is 17.7. The van der Waals surface area contributed by atoms with E-state index >= 15 is 0 Å². The van der Waals surface area contributed by atoms with E-state index in [0.29, 0.717) is 11.3 Å². The van der Waals surface area contributed by atoms with Crippen LogP contribution in [0.3, 0.4) is 0 Å². The standard InChI is InChI=1S/C29H48N2O.CH4O/c1-19(2)23-15-30-31(17-23)16-20(3)27-10-11-28-26-9-7-22-14-21(18-32-5)6-8-24(22)25(26)12-13-29(27,28)4;1-2/h15,17,19-22,24-28H,6-14,16,18H2,1-5H3;2H,1H3. The summed E-state index contributed by atoms with van der Waals surface area (Å²) in [6.45, 7) is 11.8. The Morgan fingerprint density at radius 3 is 2.50 bits per heavy atom.